The lowest BCUT2D eigenvalue weighted by Gasteiger charge is -2.19. The highest BCUT2D eigenvalue weighted by Crippen LogP contribution is 2.49. The molecule has 1 aliphatic rings. The highest BCUT2D eigenvalue weighted by molar-refractivity contribution is 7.89. The Kier molecular flexibility index (Phi) is 4.62. The normalized spacial score (nSPS) is 17.2. The van der Waals surface area contributed by atoms with E-state index in [-0.39, 0.29) is 5.41 Å². The van der Waals surface area contributed by atoms with Crippen molar-refractivity contribution < 1.29 is 8.42 Å². The molecule has 1 saturated carbocycles. The molecular formula is C14H21ClN2O2S. The summed E-state index contributed by atoms with van der Waals surface area (Å²) in [4.78, 5) is 0.326. The fourth-order valence-corrected chi connectivity index (χ4v) is 3.67. The standard InChI is InChI=1S/C14H21ClN2O2S/c1-17(2)20(18,19)13-6-4-3-5-12(13)16-11-14(7-8-14)9-10-15/h3-6,16H,7-11H2,1-2H3. The van der Waals surface area contributed by atoms with Gasteiger partial charge in [-0.15, -0.1) is 11.6 Å². The van der Waals surface area contributed by atoms with Crippen molar-refractivity contribution in [1.82, 2.24) is 4.31 Å². The molecule has 2 rings (SSSR count). The van der Waals surface area contributed by atoms with Crippen molar-refractivity contribution in [2.24, 2.45) is 5.41 Å². The Morgan fingerprint density at radius 2 is 1.95 bits per heavy atom. The summed E-state index contributed by atoms with van der Waals surface area (Å²) in [5, 5.41) is 3.30. The van der Waals surface area contributed by atoms with Crippen molar-refractivity contribution >= 4 is 27.3 Å². The number of hydrogen-bond donors (Lipinski definition) is 1. The molecule has 1 fully saturated rings. The summed E-state index contributed by atoms with van der Waals surface area (Å²) in [5.74, 6) is 0.652. The summed E-state index contributed by atoms with van der Waals surface area (Å²) < 4.78 is 25.8. The van der Waals surface area contributed by atoms with Crippen LogP contribution in [0.5, 0.6) is 0 Å². The molecule has 0 spiro atoms. The van der Waals surface area contributed by atoms with Gasteiger partial charge in [-0.2, -0.15) is 0 Å². The van der Waals surface area contributed by atoms with Crippen LogP contribution in [0.4, 0.5) is 5.69 Å². The second-order valence-corrected chi connectivity index (χ2v) is 8.07. The van der Waals surface area contributed by atoms with Gasteiger partial charge in [0.2, 0.25) is 10.0 Å². The average Bonchev–Trinajstić information content (AvgIpc) is 3.17. The molecule has 112 valence electrons. The summed E-state index contributed by atoms with van der Waals surface area (Å²) in [7, 11) is -0.335. The molecule has 0 heterocycles. The SMILES string of the molecule is CN(C)S(=O)(=O)c1ccccc1NCC1(CCCl)CC1. The number of para-hydroxylation sites is 1. The van der Waals surface area contributed by atoms with Crippen molar-refractivity contribution in [3.05, 3.63) is 24.3 Å². The van der Waals surface area contributed by atoms with E-state index in [2.05, 4.69) is 5.32 Å². The van der Waals surface area contributed by atoms with E-state index in [0.29, 0.717) is 16.5 Å². The highest BCUT2D eigenvalue weighted by atomic mass is 35.5. The first-order valence-corrected chi connectivity index (χ1v) is 8.70. The maximum atomic E-state index is 12.3. The van der Waals surface area contributed by atoms with Crippen LogP contribution in [0.1, 0.15) is 19.3 Å². The largest absolute Gasteiger partial charge is 0.383 e. The van der Waals surface area contributed by atoms with Gasteiger partial charge >= 0.3 is 0 Å². The minimum Gasteiger partial charge on any atom is -0.383 e. The maximum Gasteiger partial charge on any atom is 0.244 e. The molecular weight excluding hydrogens is 296 g/mol. The molecule has 0 bridgehead atoms. The van der Waals surface area contributed by atoms with Gasteiger partial charge < -0.3 is 5.32 Å². The molecule has 0 aromatic heterocycles. The van der Waals surface area contributed by atoms with E-state index in [0.717, 1.165) is 25.8 Å². The van der Waals surface area contributed by atoms with Gasteiger partial charge in [-0.3, -0.25) is 0 Å². The van der Waals surface area contributed by atoms with Crippen LogP contribution in [0, 0.1) is 5.41 Å². The van der Waals surface area contributed by atoms with Gasteiger partial charge in [0.15, 0.2) is 0 Å². The van der Waals surface area contributed by atoms with Crippen LogP contribution < -0.4 is 5.32 Å². The van der Waals surface area contributed by atoms with Crippen molar-refractivity contribution in [1.29, 1.82) is 0 Å². The number of alkyl halides is 1. The Labute approximate surface area is 126 Å². The van der Waals surface area contributed by atoms with Crippen molar-refractivity contribution in [2.45, 2.75) is 24.2 Å². The molecule has 1 aliphatic carbocycles. The number of rotatable bonds is 7. The van der Waals surface area contributed by atoms with Gasteiger partial charge in [-0.25, -0.2) is 12.7 Å². The average molecular weight is 317 g/mol. The van der Waals surface area contributed by atoms with Gasteiger partial charge in [0.05, 0.1) is 5.69 Å². The second kappa shape index (κ2) is 5.92. The quantitative estimate of drug-likeness (QED) is 0.787. The zero-order valence-corrected chi connectivity index (χ0v) is 13.5. The van der Waals surface area contributed by atoms with Crippen LogP contribution in [-0.4, -0.2) is 39.2 Å². The molecule has 1 aromatic rings. The number of nitrogens with zero attached hydrogens (tertiary/aromatic N) is 1. The molecule has 1 N–H and O–H groups in total. The number of benzene rings is 1. The Bertz CT molecular complexity index is 568. The lowest BCUT2D eigenvalue weighted by atomic mass is 10.0. The third-order valence-corrected chi connectivity index (χ3v) is 5.94. The van der Waals surface area contributed by atoms with Crippen molar-refractivity contribution in [2.75, 3.05) is 31.8 Å². The molecule has 0 unspecified atom stereocenters. The van der Waals surface area contributed by atoms with E-state index in [1.54, 1.807) is 26.2 Å². The summed E-state index contributed by atoms with van der Waals surface area (Å²) in [6.45, 7) is 0.777. The zero-order chi connectivity index (χ0) is 14.8. The Morgan fingerprint density at radius 3 is 2.50 bits per heavy atom. The predicted molar refractivity (Wildman–Crippen MR) is 82.8 cm³/mol. The van der Waals surface area contributed by atoms with Crippen LogP contribution in [-0.2, 0) is 10.0 Å². The van der Waals surface area contributed by atoms with Crippen LogP contribution in [0.2, 0.25) is 0 Å². The number of sulfonamides is 1. The number of anilines is 1. The van der Waals surface area contributed by atoms with Crippen LogP contribution in [0.3, 0.4) is 0 Å². The topological polar surface area (TPSA) is 49.4 Å². The monoisotopic (exact) mass is 316 g/mol. The Hall–Kier alpha value is -0.780. The molecule has 6 heteroatoms. The lowest BCUT2D eigenvalue weighted by Crippen LogP contribution is -2.24. The summed E-state index contributed by atoms with van der Waals surface area (Å²) >= 11 is 5.82. The summed E-state index contributed by atoms with van der Waals surface area (Å²) in [6, 6.07) is 7.04. The zero-order valence-electron chi connectivity index (χ0n) is 11.9. The van der Waals surface area contributed by atoms with E-state index in [1.807, 2.05) is 12.1 Å². The van der Waals surface area contributed by atoms with E-state index < -0.39 is 10.0 Å². The van der Waals surface area contributed by atoms with Gasteiger partial charge in [0.1, 0.15) is 4.90 Å². The first-order valence-electron chi connectivity index (χ1n) is 6.73. The molecule has 4 nitrogen and oxygen atoms in total. The first-order chi connectivity index (χ1) is 9.41. The van der Waals surface area contributed by atoms with E-state index in [4.69, 9.17) is 11.6 Å². The molecule has 1 aromatic carbocycles. The Balaban J connectivity index is 2.17. The molecule has 0 amide bonds. The third kappa shape index (κ3) is 3.27. The van der Waals surface area contributed by atoms with Crippen molar-refractivity contribution in [3.63, 3.8) is 0 Å². The molecule has 0 atom stereocenters. The van der Waals surface area contributed by atoms with E-state index >= 15 is 0 Å². The van der Waals surface area contributed by atoms with E-state index in [1.165, 1.54) is 4.31 Å². The van der Waals surface area contributed by atoms with Gasteiger partial charge in [0.25, 0.3) is 0 Å². The third-order valence-electron chi connectivity index (χ3n) is 3.88. The van der Waals surface area contributed by atoms with Crippen molar-refractivity contribution in [3.8, 4) is 0 Å². The van der Waals surface area contributed by atoms with Crippen LogP contribution in [0.15, 0.2) is 29.2 Å². The smallest absolute Gasteiger partial charge is 0.244 e. The highest BCUT2D eigenvalue weighted by Gasteiger charge is 2.41. The van der Waals surface area contributed by atoms with Gasteiger partial charge in [0, 0.05) is 26.5 Å². The minimum atomic E-state index is -3.42. The van der Waals surface area contributed by atoms with Gasteiger partial charge in [-0.05, 0) is 36.8 Å². The van der Waals surface area contributed by atoms with Gasteiger partial charge in [-0.1, -0.05) is 12.1 Å². The minimum absolute atomic E-state index is 0.261. The Morgan fingerprint density at radius 1 is 1.30 bits per heavy atom. The fourth-order valence-electron chi connectivity index (χ4n) is 2.21. The lowest BCUT2D eigenvalue weighted by molar-refractivity contribution is 0.517. The number of hydrogen-bond acceptors (Lipinski definition) is 3. The van der Waals surface area contributed by atoms with Crippen LogP contribution in [0.25, 0.3) is 0 Å². The first kappa shape index (κ1) is 15.6. The molecule has 0 radical (unpaired) electrons. The summed E-state index contributed by atoms with van der Waals surface area (Å²) in [6.07, 6.45) is 3.30. The molecule has 20 heavy (non-hydrogen) atoms. The number of nitrogens with one attached hydrogen (secondary N) is 1. The second-order valence-electron chi connectivity index (χ2n) is 5.58. The van der Waals surface area contributed by atoms with Crippen LogP contribution >= 0.6 is 11.6 Å². The summed E-state index contributed by atoms with van der Waals surface area (Å²) in [5.41, 5.74) is 0.929. The number of halogens is 1. The fraction of sp³-hybridized carbons (Fsp3) is 0.571. The predicted octanol–water partition coefficient (Wildman–Crippen LogP) is 2.76. The molecule has 0 aliphatic heterocycles. The van der Waals surface area contributed by atoms with E-state index in [9.17, 15) is 8.42 Å². The maximum absolute atomic E-state index is 12.3. The molecule has 0 saturated heterocycles.